The molecule has 0 unspecified atom stereocenters. The van der Waals surface area contributed by atoms with Crippen LogP contribution in [-0.2, 0) is 15.6 Å². The number of aromatic nitrogens is 2. The second kappa shape index (κ2) is 7.13. The van der Waals surface area contributed by atoms with Crippen LogP contribution in [0.3, 0.4) is 0 Å². The van der Waals surface area contributed by atoms with Gasteiger partial charge in [-0.25, -0.2) is 8.42 Å². The summed E-state index contributed by atoms with van der Waals surface area (Å²) in [6.07, 6.45) is 0. The summed E-state index contributed by atoms with van der Waals surface area (Å²) in [4.78, 5) is 0.266. The Labute approximate surface area is 164 Å². The maximum Gasteiger partial charge on any atom is 0.265 e. The van der Waals surface area contributed by atoms with E-state index >= 15 is 0 Å². The van der Waals surface area contributed by atoms with Crippen LogP contribution in [0.5, 0.6) is 0 Å². The summed E-state index contributed by atoms with van der Waals surface area (Å²) in [6.45, 7) is 9.58. The molecule has 142 valence electrons. The van der Waals surface area contributed by atoms with E-state index < -0.39 is 10.0 Å². The van der Waals surface area contributed by atoms with Crippen LogP contribution < -0.4 is 4.72 Å². The van der Waals surface area contributed by atoms with Crippen molar-refractivity contribution in [1.29, 1.82) is 0 Å². The van der Waals surface area contributed by atoms with Gasteiger partial charge in [-0.05, 0) is 52.3 Å². The van der Waals surface area contributed by atoms with Crippen molar-refractivity contribution in [1.82, 2.24) is 9.78 Å². The minimum absolute atomic E-state index is 0.266. The molecular weight excluding hydrogens is 386 g/mol. The van der Waals surface area contributed by atoms with Crippen LogP contribution in [0.1, 0.15) is 42.3 Å². The Morgan fingerprint density at radius 2 is 1.85 bits per heavy atom. The average Bonchev–Trinajstić information content (AvgIpc) is 3.14. The zero-order chi connectivity index (χ0) is 19.1. The third kappa shape index (κ3) is 3.92. The molecule has 0 atom stereocenters. The van der Waals surface area contributed by atoms with E-state index in [-0.39, 0.29) is 10.4 Å². The molecule has 1 saturated heterocycles. The number of nitrogens with one attached hydrogen (secondary N) is 1. The Morgan fingerprint density at radius 3 is 2.42 bits per heavy atom. The van der Waals surface area contributed by atoms with E-state index in [1.807, 2.05) is 63.4 Å². The minimum Gasteiger partial charge on any atom is -0.280 e. The van der Waals surface area contributed by atoms with Gasteiger partial charge in [0.2, 0.25) is 0 Å². The molecule has 1 N–H and O–H groups in total. The van der Waals surface area contributed by atoms with Crippen LogP contribution in [0.2, 0.25) is 0 Å². The lowest BCUT2D eigenvalue weighted by molar-refractivity contribution is 0.345. The lowest BCUT2D eigenvalue weighted by Gasteiger charge is -2.21. The van der Waals surface area contributed by atoms with E-state index in [1.54, 1.807) is 17.7 Å². The third-order valence-electron chi connectivity index (χ3n) is 4.16. The number of benzene rings is 1. The predicted molar refractivity (Wildman–Crippen MR) is 112 cm³/mol. The van der Waals surface area contributed by atoms with Crippen LogP contribution >= 0.6 is 23.5 Å². The van der Waals surface area contributed by atoms with Gasteiger partial charge in [0.25, 0.3) is 10.0 Å². The number of nitrogens with zero attached hydrogens (tertiary/aromatic N) is 2. The summed E-state index contributed by atoms with van der Waals surface area (Å²) in [5.74, 6) is 2.27. The van der Waals surface area contributed by atoms with Gasteiger partial charge >= 0.3 is 0 Å². The fraction of sp³-hybridized carbons (Fsp3) is 0.500. The fourth-order valence-corrected chi connectivity index (χ4v) is 7.46. The van der Waals surface area contributed by atoms with Gasteiger partial charge in [-0.2, -0.15) is 5.10 Å². The number of sulfonamides is 1. The first-order valence-electron chi connectivity index (χ1n) is 8.52. The zero-order valence-corrected chi connectivity index (χ0v) is 18.2. The van der Waals surface area contributed by atoms with Crippen molar-refractivity contribution in [3.63, 3.8) is 0 Å². The molecule has 0 saturated carbocycles. The average molecular weight is 412 g/mol. The number of aryl methyl sites for hydroxylation is 1. The number of hydrogen-bond acceptors (Lipinski definition) is 5. The van der Waals surface area contributed by atoms with Crippen LogP contribution in [0.15, 0.2) is 29.2 Å². The molecule has 0 radical (unpaired) electrons. The molecular formula is C18H25N3O2S3. The van der Waals surface area contributed by atoms with E-state index in [4.69, 9.17) is 0 Å². The Bertz CT molecular complexity index is 908. The van der Waals surface area contributed by atoms with E-state index in [9.17, 15) is 8.42 Å². The molecule has 1 fully saturated rings. The molecule has 26 heavy (non-hydrogen) atoms. The van der Waals surface area contributed by atoms with Crippen LogP contribution in [0, 0.1) is 13.8 Å². The number of hydrogen-bond donors (Lipinski definition) is 1. The fourth-order valence-electron chi connectivity index (χ4n) is 3.18. The zero-order valence-electron chi connectivity index (χ0n) is 15.7. The van der Waals surface area contributed by atoms with E-state index in [1.165, 1.54) is 0 Å². The minimum atomic E-state index is -3.70. The van der Waals surface area contributed by atoms with Crippen molar-refractivity contribution in [3.8, 4) is 0 Å². The van der Waals surface area contributed by atoms with Crippen LogP contribution in [0.4, 0.5) is 5.69 Å². The Morgan fingerprint density at radius 1 is 1.19 bits per heavy atom. The lowest BCUT2D eigenvalue weighted by atomic mass is 10.1. The highest BCUT2D eigenvalue weighted by molar-refractivity contribution is 8.19. The normalized spacial score (nSPS) is 16.2. The standard InChI is InChI=1S/C18H25N3O2S3/c1-12-16(13(2)21(19-12)18(3,4)5)26(22,23)20-15-8-6-7-14(11-15)17-24-9-10-25-17/h6-8,11,17,20H,9-10H2,1-5H3. The number of anilines is 1. The SMILES string of the molecule is Cc1nn(C(C)(C)C)c(C)c1S(=O)(=O)Nc1cccc(C2SCCS2)c1. The van der Waals surface area contributed by atoms with Gasteiger partial charge < -0.3 is 0 Å². The lowest BCUT2D eigenvalue weighted by Crippen LogP contribution is -2.25. The quantitative estimate of drug-likeness (QED) is 0.800. The Hall–Kier alpha value is -1.12. The number of rotatable bonds is 4. The molecule has 0 aliphatic carbocycles. The van der Waals surface area contributed by atoms with Gasteiger partial charge in [0.15, 0.2) is 0 Å². The van der Waals surface area contributed by atoms with Crippen molar-refractivity contribution < 1.29 is 8.42 Å². The smallest absolute Gasteiger partial charge is 0.265 e. The first-order valence-corrected chi connectivity index (χ1v) is 12.1. The highest BCUT2D eigenvalue weighted by Crippen LogP contribution is 2.45. The second-order valence-corrected chi connectivity index (χ2v) is 11.7. The summed E-state index contributed by atoms with van der Waals surface area (Å²) in [7, 11) is -3.70. The molecule has 1 aliphatic rings. The van der Waals surface area contributed by atoms with Crippen LogP contribution in [0.25, 0.3) is 0 Å². The highest BCUT2D eigenvalue weighted by atomic mass is 32.2. The van der Waals surface area contributed by atoms with Gasteiger partial charge in [-0.3, -0.25) is 9.40 Å². The molecule has 1 aromatic carbocycles. The Kier molecular flexibility index (Phi) is 5.38. The van der Waals surface area contributed by atoms with Gasteiger partial charge in [-0.1, -0.05) is 12.1 Å². The third-order valence-corrected chi connectivity index (χ3v) is 8.90. The summed E-state index contributed by atoms with van der Waals surface area (Å²) in [5.41, 5.74) is 2.64. The summed E-state index contributed by atoms with van der Waals surface area (Å²) in [6, 6.07) is 7.70. The molecule has 0 bridgehead atoms. The van der Waals surface area contributed by atoms with Gasteiger partial charge in [0.1, 0.15) is 4.90 Å². The number of thioether (sulfide) groups is 2. The first kappa shape index (κ1) is 19.6. The molecule has 3 rings (SSSR count). The summed E-state index contributed by atoms with van der Waals surface area (Å²) >= 11 is 3.80. The van der Waals surface area contributed by atoms with Crippen LogP contribution in [-0.4, -0.2) is 29.7 Å². The first-order chi connectivity index (χ1) is 12.1. The van der Waals surface area contributed by atoms with Crippen molar-refractivity contribution >= 4 is 39.2 Å². The maximum atomic E-state index is 13.0. The van der Waals surface area contributed by atoms with Gasteiger partial charge in [-0.15, -0.1) is 23.5 Å². The van der Waals surface area contributed by atoms with Crippen molar-refractivity contribution in [2.24, 2.45) is 0 Å². The second-order valence-electron chi connectivity index (χ2n) is 7.39. The largest absolute Gasteiger partial charge is 0.280 e. The molecule has 0 spiro atoms. The summed E-state index contributed by atoms with van der Waals surface area (Å²) in [5, 5.41) is 4.46. The molecule has 2 aromatic rings. The molecule has 1 aromatic heterocycles. The van der Waals surface area contributed by atoms with Gasteiger partial charge in [0.05, 0.1) is 21.5 Å². The Balaban J connectivity index is 1.93. The molecule has 8 heteroatoms. The molecule has 2 heterocycles. The topological polar surface area (TPSA) is 64.0 Å². The monoisotopic (exact) mass is 411 g/mol. The van der Waals surface area contributed by atoms with E-state index in [2.05, 4.69) is 15.9 Å². The molecule has 1 aliphatic heterocycles. The highest BCUT2D eigenvalue weighted by Gasteiger charge is 2.29. The van der Waals surface area contributed by atoms with Crippen molar-refractivity contribution in [2.45, 2.75) is 49.6 Å². The van der Waals surface area contributed by atoms with Crippen molar-refractivity contribution in [2.75, 3.05) is 16.2 Å². The van der Waals surface area contributed by atoms with Crippen molar-refractivity contribution in [3.05, 3.63) is 41.2 Å². The van der Waals surface area contributed by atoms with E-state index in [0.717, 1.165) is 17.1 Å². The van der Waals surface area contributed by atoms with E-state index in [0.29, 0.717) is 21.7 Å². The predicted octanol–water partition coefficient (Wildman–Crippen LogP) is 4.53. The van der Waals surface area contributed by atoms with Gasteiger partial charge in [0, 0.05) is 17.2 Å². The summed E-state index contributed by atoms with van der Waals surface area (Å²) < 4.78 is 31.0. The maximum absolute atomic E-state index is 13.0. The molecule has 0 amide bonds. The molecule has 5 nitrogen and oxygen atoms in total.